The van der Waals surface area contributed by atoms with Gasteiger partial charge in [0.15, 0.2) is 0 Å². The van der Waals surface area contributed by atoms with Crippen LogP contribution in [0.1, 0.15) is 119 Å². The van der Waals surface area contributed by atoms with E-state index in [9.17, 15) is 19.2 Å². The third-order valence-corrected chi connectivity index (χ3v) is 11.1. The van der Waals surface area contributed by atoms with Gasteiger partial charge in [-0.2, -0.15) is 11.8 Å². The van der Waals surface area contributed by atoms with Crippen LogP contribution >= 0.6 is 33.3 Å². The number of rotatable bonds is 16. The fraction of sp³-hybridized carbons (Fsp3) is 0.886. The number of amides is 3. The molecule has 2 aliphatic rings. The Labute approximate surface area is 314 Å². The van der Waals surface area contributed by atoms with E-state index < -0.39 is 29.4 Å². The van der Waals surface area contributed by atoms with Crippen molar-refractivity contribution in [3.8, 4) is 0 Å². The van der Waals surface area contributed by atoms with Crippen molar-refractivity contribution in [1.82, 2.24) is 16.0 Å². The highest BCUT2D eigenvalue weighted by Crippen LogP contribution is 2.40. The standard InChI is InChI=1S/C17H32N2O3S.C14H25NO4.C4H12N2S2/c1-16(2,3)22-15(21)19-13-17(8-6-5-7-9-17)12-14(20)18-10-11-23-4;1-13(2,3)19-12(18)15-10-14(9-11(16)17)7-5-4-6-8-14;5-1-3-7-8-4-2-6/h5-13H2,1-4H3,(H,18,20)(H,19,21);4-10H2,1-3H3,(H,15,18)(H,16,17);1-6H2. The highest BCUT2D eigenvalue weighted by atomic mass is 33.1. The maximum atomic E-state index is 12.2. The average Bonchev–Trinajstić information content (AvgIpc) is 3.01. The van der Waals surface area contributed by atoms with Crippen molar-refractivity contribution in [2.24, 2.45) is 22.3 Å². The van der Waals surface area contributed by atoms with Crippen LogP contribution in [0.3, 0.4) is 0 Å². The lowest BCUT2D eigenvalue weighted by atomic mass is 9.71. The van der Waals surface area contributed by atoms with Crippen LogP contribution in [0.2, 0.25) is 0 Å². The summed E-state index contributed by atoms with van der Waals surface area (Å²) in [5, 5.41) is 17.6. The highest BCUT2D eigenvalue weighted by molar-refractivity contribution is 8.76. The summed E-state index contributed by atoms with van der Waals surface area (Å²) < 4.78 is 10.5. The van der Waals surface area contributed by atoms with Crippen LogP contribution in [-0.2, 0) is 19.1 Å². The SMILES string of the molecule is CC(C)(C)OC(=O)NCC1(CC(=O)O)CCCCC1.CSCCNC(=O)CC1(CNC(=O)OC(C)(C)C)CCCCC1.NCCSSCCN. The predicted octanol–water partition coefficient (Wildman–Crippen LogP) is 6.55. The van der Waals surface area contributed by atoms with Crippen molar-refractivity contribution in [2.75, 3.05) is 56.2 Å². The van der Waals surface area contributed by atoms with Crippen LogP contribution < -0.4 is 27.4 Å². The molecule has 0 aliphatic heterocycles. The second-order valence-electron chi connectivity index (χ2n) is 15.1. The number of thioether (sulfide) groups is 1. The average molecular weight is 768 g/mol. The van der Waals surface area contributed by atoms with Crippen molar-refractivity contribution in [3.05, 3.63) is 0 Å². The quantitative estimate of drug-likeness (QED) is 0.0733. The van der Waals surface area contributed by atoms with Gasteiger partial charge in [-0.3, -0.25) is 9.59 Å². The van der Waals surface area contributed by atoms with Gasteiger partial charge in [0.25, 0.3) is 0 Å². The number of carbonyl (C=O) groups is 4. The molecule has 0 radical (unpaired) electrons. The fourth-order valence-corrected chi connectivity index (χ4v) is 7.83. The van der Waals surface area contributed by atoms with Crippen molar-refractivity contribution in [2.45, 2.75) is 130 Å². The van der Waals surface area contributed by atoms with Crippen LogP contribution in [0.25, 0.3) is 0 Å². The fourth-order valence-electron chi connectivity index (χ4n) is 5.81. The van der Waals surface area contributed by atoms with Gasteiger partial charge in [-0.25, -0.2) is 9.59 Å². The van der Waals surface area contributed by atoms with E-state index in [2.05, 4.69) is 16.0 Å². The number of carboxylic acid groups (broad SMARTS) is 1. The maximum Gasteiger partial charge on any atom is 0.407 e. The Hall–Kier alpha value is -1.55. The molecule has 2 aliphatic carbocycles. The van der Waals surface area contributed by atoms with Crippen LogP contribution in [0.15, 0.2) is 0 Å². The van der Waals surface area contributed by atoms with Crippen molar-refractivity contribution < 1.29 is 33.8 Å². The number of ether oxygens (including phenoxy) is 2. The predicted molar refractivity (Wildman–Crippen MR) is 211 cm³/mol. The molecule has 2 saturated carbocycles. The van der Waals surface area contributed by atoms with Gasteiger partial charge in [0.05, 0.1) is 6.42 Å². The third-order valence-electron chi connectivity index (χ3n) is 8.02. The smallest absolute Gasteiger partial charge is 0.407 e. The van der Waals surface area contributed by atoms with E-state index in [0.717, 1.165) is 88.1 Å². The Kier molecular flexibility index (Phi) is 25.4. The third kappa shape index (κ3) is 26.3. The lowest BCUT2D eigenvalue weighted by molar-refractivity contribution is -0.140. The molecule has 0 saturated heterocycles. The molecule has 0 spiro atoms. The second kappa shape index (κ2) is 26.3. The molecule has 294 valence electrons. The van der Waals surface area contributed by atoms with E-state index in [1.807, 2.05) is 27.0 Å². The van der Waals surface area contributed by atoms with Crippen LogP contribution in [0.4, 0.5) is 9.59 Å². The lowest BCUT2D eigenvalue weighted by Crippen LogP contribution is -2.44. The van der Waals surface area contributed by atoms with Gasteiger partial charge in [0.1, 0.15) is 11.2 Å². The zero-order valence-corrected chi connectivity index (χ0v) is 34.4. The number of nitrogens with two attached hydrogens (primary N) is 2. The van der Waals surface area contributed by atoms with E-state index in [0.29, 0.717) is 26.1 Å². The second-order valence-corrected chi connectivity index (χ2v) is 18.8. The molecule has 2 rings (SSSR count). The number of nitrogens with one attached hydrogen (secondary N) is 3. The Morgan fingerprint density at radius 1 is 0.660 bits per heavy atom. The molecule has 12 nitrogen and oxygen atoms in total. The Bertz CT molecular complexity index is 959. The molecule has 0 heterocycles. The first-order valence-electron chi connectivity index (χ1n) is 18.0. The van der Waals surface area contributed by atoms with Gasteiger partial charge < -0.3 is 42.0 Å². The number of aliphatic carboxylic acids is 1. The van der Waals surface area contributed by atoms with Crippen LogP contribution in [-0.4, -0.2) is 96.6 Å². The lowest BCUT2D eigenvalue weighted by Gasteiger charge is -2.37. The summed E-state index contributed by atoms with van der Waals surface area (Å²) in [6, 6.07) is 0. The van der Waals surface area contributed by atoms with Gasteiger partial charge in [-0.05, 0) is 84.3 Å². The number of hydrogen-bond acceptors (Lipinski definition) is 11. The van der Waals surface area contributed by atoms with E-state index in [-0.39, 0.29) is 23.2 Å². The van der Waals surface area contributed by atoms with Gasteiger partial charge in [-0.1, -0.05) is 60.1 Å². The van der Waals surface area contributed by atoms with Crippen molar-refractivity contribution in [1.29, 1.82) is 0 Å². The summed E-state index contributed by atoms with van der Waals surface area (Å²) in [6.07, 6.45) is 12.1. The van der Waals surface area contributed by atoms with Gasteiger partial charge >= 0.3 is 18.2 Å². The first kappa shape index (κ1) is 48.5. The summed E-state index contributed by atoms with van der Waals surface area (Å²) in [5.41, 5.74) is 9.03. The molecule has 2 fully saturated rings. The molecule has 0 aromatic heterocycles. The van der Waals surface area contributed by atoms with Crippen molar-refractivity contribution in [3.63, 3.8) is 0 Å². The first-order valence-corrected chi connectivity index (χ1v) is 21.8. The largest absolute Gasteiger partial charge is 0.481 e. The number of hydrogen-bond donors (Lipinski definition) is 6. The molecule has 3 amide bonds. The molecule has 8 N–H and O–H groups in total. The zero-order chi connectivity index (χ0) is 38.1. The zero-order valence-electron chi connectivity index (χ0n) is 31.9. The molecule has 0 atom stereocenters. The van der Waals surface area contributed by atoms with Gasteiger partial charge in [-0.15, -0.1) is 0 Å². The van der Waals surface area contributed by atoms with E-state index >= 15 is 0 Å². The topological polar surface area (TPSA) is 195 Å². The number of carboxylic acids is 1. The molecule has 0 aromatic rings. The van der Waals surface area contributed by atoms with E-state index in [1.165, 1.54) is 6.42 Å². The van der Waals surface area contributed by atoms with Crippen LogP contribution in [0.5, 0.6) is 0 Å². The van der Waals surface area contributed by atoms with Gasteiger partial charge in [0, 0.05) is 56.4 Å². The summed E-state index contributed by atoms with van der Waals surface area (Å²) >= 11 is 1.72. The minimum Gasteiger partial charge on any atom is -0.481 e. The van der Waals surface area contributed by atoms with Crippen molar-refractivity contribution >= 4 is 57.4 Å². The summed E-state index contributed by atoms with van der Waals surface area (Å²) in [6.45, 7) is 14.1. The minimum absolute atomic E-state index is 0.0898. The summed E-state index contributed by atoms with van der Waals surface area (Å²) in [5.74, 6) is 2.28. The summed E-state index contributed by atoms with van der Waals surface area (Å²) in [7, 11) is 3.58. The minimum atomic E-state index is -0.798. The van der Waals surface area contributed by atoms with E-state index in [4.69, 9.17) is 26.0 Å². The van der Waals surface area contributed by atoms with Crippen LogP contribution in [0, 0.1) is 10.8 Å². The molecular weight excluding hydrogens is 699 g/mol. The molecule has 15 heteroatoms. The first-order chi connectivity index (χ1) is 23.4. The highest BCUT2D eigenvalue weighted by Gasteiger charge is 2.36. The monoisotopic (exact) mass is 767 g/mol. The van der Waals surface area contributed by atoms with E-state index in [1.54, 1.807) is 54.1 Å². The Morgan fingerprint density at radius 2 is 1.06 bits per heavy atom. The molecular formula is C35H69N5O7S3. The molecule has 0 aromatic carbocycles. The molecule has 0 unspecified atom stereocenters. The van der Waals surface area contributed by atoms with Gasteiger partial charge in [0.2, 0.25) is 5.91 Å². The molecule has 50 heavy (non-hydrogen) atoms. The molecule has 0 bridgehead atoms. The Balaban J connectivity index is 0.000000799. The normalized spacial score (nSPS) is 16.7. The number of carbonyl (C=O) groups excluding carboxylic acids is 3. The summed E-state index contributed by atoms with van der Waals surface area (Å²) in [4.78, 5) is 46.8. The Morgan fingerprint density at radius 3 is 1.40 bits per heavy atom. The maximum absolute atomic E-state index is 12.2. The number of alkyl carbamates (subject to hydrolysis) is 2.